The Balaban J connectivity index is 1.42. The lowest BCUT2D eigenvalue weighted by molar-refractivity contribution is -0.198. The van der Waals surface area contributed by atoms with Crippen LogP contribution < -0.4 is 25.4 Å². The number of alkyl halides is 3. The molecule has 4 N–H and O–H groups in total. The molecule has 3 aromatic rings. The van der Waals surface area contributed by atoms with Crippen LogP contribution in [0.5, 0.6) is 11.6 Å². The normalized spacial score (nSPS) is 18.9. The smallest absolute Gasteiger partial charge is 0.429 e. The minimum absolute atomic E-state index is 0.0187. The lowest BCUT2D eigenvalue weighted by Crippen LogP contribution is -2.41. The van der Waals surface area contributed by atoms with Gasteiger partial charge in [-0.2, -0.15) is 23.1 Å². The third kappa shape index (κ3) is 6.72. The summed E-state index contributed by atoms with van der Waals surface area (Å²) in [4.78, 5) is 21.4. The molecule has 0 saturated carbocycles. The number of nitrogen functional groups attached to an aromatic ring is 1. The Morgan fingerprint density at radius 1 is 1.21 bits per heavy atom. The number of piperidine rings is 1. The Morgan fingerprint density at radius 3 is 2.58 bits per heavy atom. The van der Waals surface area contributed by atoms with Gasteiger partial charge in [0, 0.05) is 36.3 Å². The largest absolute Gasteiger partial charge is 0.491 e. The van der Waals surface area contributed by atoms with Gasteiger partial charge in [-0.3, -0.25) is 4.79 Å². The fourth-order valence-electron chi connectivity index (χ4n) is 5.71. The zero-order chi connectivity index (χ0) is 30.9. The number of rotatable bonds is 8. The highest BCUT2D eigenvalue weighted by Gasteiger charge is 2.46. The number of nitrogens with one attached hydrogen (secondary N) is 1. The predicted molar refractivity (Wildman–Crippen MR) is 152 cm³/mol. The van der Waals surface area contributed by atoms with Gasteiger partial charge in [0.25, 0.3) is 0 Å². The van der Waals surface area contributed by atoms with E-state index in [0.29, 0.717) is 44.7 Å². The highest BCUT2D eigenvalue weighted by Crippen LogP contribution is 2.44. The molecule has 0 aliphatic carbocycles. The molecular formula is C29H30ClF4N5O4. The van der Waals surface area contributed by atoms with Crippen molar-refractivity contribution in [2.75, 3.05) is 36.9 Å². The number of nitrogens with two attached hydrogens (primary N) is 1. The Bertz CT molecular complexity index is 1500. The molecule has 5 rings (SSSR count). The number of ether oxygens (including phenoxy) is 2. The van der Waals surface area contributed by atoms with Crippen LogP contribution in [0.4, 0.5) is 29.3 Å². The van der Waals surface area contributed by atoms with Crippen molar-refractivity contribution in [3.63, 3.8) is 0 Å². The second-order valence-electron chi connectivity index (χ2n) is 10.7. The Kier molecular flexibility index (Phi) is 8.57. The Labute approximate surface area is 250 Å². The van der Waals surface area contributed by atoms with E-state index >= 15 is 0 Å². The maximum absolute atomic E-state index is 14.7. The van der Waals surface area contributed by atoms with E-state index in [1.165, 1.54) is 36.4 Å². The maximum atomic E-state index is 14.7. The maximum Gasteiger partial charge on any atom is 0.429 e. The Morgan fingerprint density at radius 2 is 1.95 bits per heavy atom. The fraction of sp³-hybridized carbons (Fsp3) is 0.414. The Hall–Kier alpha value is -3.84. The van der Waals surface area contributed by atoms with Gasteiger partial charge in [-0.05, 0) is 67.0 Å². The number of aliphatic carboxylic acids is 1. The van der Waals surface area contributed by atoms with Crippen molar-refractivity contribution in [2.24, 2.45) is 5.41 Å². The number of carboxylic acid groups (broad SMARTS) is 1. The van der Waals surface area contributed by atoms with Crippen LogP contribution in [0, 0.1) is 11.2 Å². The lowest BCUT2D eigenvalue weighted by atomic mass is 9.76. The zero-order valence-corrected chi connectivity index (χ0v) is 23.9. The van der Waals surface area contributed by atoms with Crippen LogP contribution in [-0.2, 0) is 4.79 Å². The number of halogens is 5. The monoisotopic (exact) mass is 623 g/mol. The summed E-state index contributed by atoms with van der Waals surface area (Å²) in [5.41, 5.74) is 5.58. The van der Waals surface area contributed by atoms with Gasteiger partial charge >= 0.3 is 12.1 Å². The van der Waals surface area contributed by atoms with Gasteiger partial charge in [-0.15, -0.1) is 0 Å². The molecule has 14 heteroatoms. The van der Waals surface area contributed by atoms with E-state index in [1.54, 1.807) is 6.92 Å². The first-order valence-corrected chi connectivity index (χ1v) is 14.1. The number of carboxylic acids is 1. The molecule has 1 aromatic heterocycles. The number of nitrogens with zero attached hydrogens (tertiary/aromatic N) is 3. The van der Waals surface area contributed by atoms with Gasteiger partial charge in [0.15, 0.2) is 11.6 Å². The number of anilines is 2. The molecular weight excluding hydrogens is 594 g/mol. The number of hydrogen-bond donors (Lipinski definition) is 3. The molecule has 2 atom stereocenters. The summed E-state index contributed by atoms with van der Waals surface area (Å²) in [6.07, 6.45) is -5.56. The molecule has 2 aromatic carbocycles. The molecule has 0 radical (unpaired) electrons. The fourth-order valence-corrected chi connectivity index (χ4v) is 5.88. The molecule has 43 heavy (non-hydrogen) atoms. The van der Waals surface area contributed by atoms with Crippen LogP contribution in [-0.4, -0.2) is 59.5 Å². The summed E-state index contributed by atoms with van der Waals surface area (Å²) in [6, 6.07) is 8.35. The highest BCUT2D eigenvalue weighted by molar-refractivity contribution is 6.30. The van der Waals surface area contributed by atoms with Gasteiger partial charge in [0.2, 0.25) is 17.9 Å². The van der Waals surface area contributed by atoms with E-state index in [1.807, 2.05) is 4.90 Å². The molecule has 0 bridgehead atoms. The van der Waals surface area contributed by atoms with Crippen molar-refractivity contribution >= 4 is 29.3 Å². The van der Waals surface area contributed by atoms with E-state index < -0.39 is 36.0 Å². The number of aromatic nitrogens is 2. The number of hydrogen-bond acceptors (Lipinski definition) is 8. The van der Waals surface area contributed by atoms with Crippen molar-refractivity contribution in [3.05, 3.63) is 58.9 Å². The third-order valence-electron chi connectivity index (χ3n) is 7.89. The summed E-state index contributed by atoms with van der Waals surface area (Å²) in [6.45, 7) is 3.47. The first-order valence-electron chi connectivity index (χ1n) is 13.7. The van der Waals surface area contributed by atoms with E-state index in [9.17, 15) is 27.5 Å². The molecule has 2 aliphatic heterocycles. The second kappa shape index (κ2) is 12.0. The van der Waals surface area contributed by atoms with Crippen LogP contribution in [0.3, 0.4) is 0 Å². The number of carbonyl (C=O) groups is 1. The van der Waals surface area contributed by atoms with Crippen LogP contribution in [0.2, 0.25) is 5.02 Å². The molecule has 2 unspecified atom stereocenters. The standard InChI is InChI=1S/C29H30ClF4N5O4/c1-2-42-22-6-3-16(11-20(22)31)19-12-17(30)4-5-18(19)25(29(32,33)34)43-24-13-23(37-27(35)38-24)39-9-7-28(8-10-39)14-21(26(40)41)36-15-28/h3-6,11-13,21,25,36H,2,7-10,14-15H2,1H3,(H,40,41)(H2,35,37,38). The minimum Gasteiger partial charge on any atom is -0.491 e. The van der Waals surface area contributed by atoms with Gasteiger partial charge in [0.05, 0.1) is 6.61 Å². The van der Waals surface area contributed by atoms with Gasteiger partial charge in [-0.1, -0.05) is 23.7 Å². The van der Waals surface area contributed by atoms with E-state index in [2.05, 4.69) is 15.3 Å². The second-order valence-corrected chi connectivity index (χ2v) is 11.2. The van der Waals surface area contributed by atoms with Crippen LogP contribution in [0.25, 0.3) is 11.1 Å². The summed E-state index contributed by atoms with van der Waals surface area (Å²) in [5, 5.41) is 12.5. The van der Waals surface area contributed by atoms with Crippen molar-refractivity contribution in [2.45, 2.75) is 44.5 Å². The highest BCUT2D eigenvalue weighted by atomic mass is 35.5. The molecule has 0 amide bonds. The molecule has 1 spiro atoms. The minimum atomic E-state index is -4.90. The third-order valence-corrected chi connectivity index (χ3v) is 8.12. The number of benzene rings is 2. The molecule has 9 nitrogen and oxygen atoms in total. The van der Waals surface area contributed by atoms with Gasteiger partial charge in [-0.25, -0.2) is 4.39 Å². The summed E-state index contributed by atoms with van der Waals surface area (Å²) >= 11 is 6.15. The van der Waals surface area contributed by atoms with Crippen molar-refractivity contribution < 1.29 is 36.9 Å². The van der Waals surface area contributed by atoms with Gasteiger partial charge in [0.1, 0.15) is 11.9 Å². The topological polar surface area (TPSA) is 123 Å². The lowest BCUT2D eigenvalue weighted by Gasteiger charge is -2.39. The van der Waals surface area contributed by atoms with E-state index in [4.69, 9.17) is 26.8 Å². The summed E-state index contributed by atoms with van der Waals surface area (Å²) < 4.78 is 69.1. The van der Waals surface area contributed by atoms with Gasteiger partial charge < -0.3 is 30.5 Å². The summed E-state index contributed by atoms with van der Waals surface area (Å²) in [7, 11) is 0. The van der Waals surface area contributed by atoms with Crippen LogP contribution in [0.1, 0.15) is 37.9 Å². The molecule has 230 valence electrons. The quantitative estimate of drug-likeness (QED) is 0.274. The molecule has 2 aliphatic rings. The first kappa shape index (κ1) is 30.6. The van der Waals surface area contributed by atoms with E-state index in [0.717, 1.165) is 6.07 Å². The zero-order valence-electron chi connectivity index (χ0n) is 23.1. The van der Waals surface area contributed by atoms with Crippen molar-refractivity contribution in [1.29, 1.82) is 0 Å². The van der Waals surface area contributed by atoms with E-state index in [-0.39, 0.29) is 45.4 Å². The molecule has 2 saturated heterocycles. The summed E-state index contributed by atoms with van der Waals surface area (Å²) in [5.74, 6) is -2.02. The van der Waals surface area contributed by atoms with Crippen LogP contribution >= 0.6 is 11.6 Å². The average Bonchev–Trinajstić information content (AvgIpc) is 3.36. The predicted octanol–water partition coefficient (Wildman–Crippen LogP) is 5.63. The van der Waals surface area contributed by atoms with Crippen molar-refractivity contribution in [1.82, 2.24) is 15.3 Å². The molecule has 3 heterocycles. The first-order chi connectivity index (χ1) is 20.4. The van der Waals surface area contributed by atoms with Crippen LogP contribution in [0.15, 0.2) is 42.5 Å². The van der Waals surface area contributed by atoms with Crippen molar-refractivity contribution in [3.8, 4) is 22.8 Å². The average molecular weight is 624 g/mol. The molecule has 2 fully saturated rings. The SMILES string of the molecule is CCOc1ccc(-c2cc(Cl)ccc2C(Oc2cc(N3CCC4(CC3)CNC(C(=O)O)C4)nc(N)n2)C(F)(F)F)cc1F.